The third-order valence-electron chi connectivity index (χ3n) is 6.94. The van der Waals surface area contributed by atoms with Crippen molar-refractivity contribution < 1.29 is 17.9 Å². The highest BCUT2D eigenvalue weighted by molar-refractivity contribution is 7.89. The molecular weight excluding hydrogens is 572 g/mol. The molecule has 1 amide bonds. The van der Waals surface area contributed by atoms with Crippen molar-refractivity contribution in [3.8, 4) is 0 Å². The van der Waals surface area contributed by atoms with Gasteiger partial charge in [0.15, 0.2) is 0 Å². The van der Waals surface area contributed by atoms with E-state index < -0.39 is 10.0 Å². The maximum atomic E-state index is 14.1. The highest BCUT2D eigenvalue weighted by Gasteiger charge is 2.30. The van der Waals surface area contributed by atoms with Crippen LogP contribution in [-0.4, -0.2) is 65.9 Å². The Hall–Kier alpha value is -3.24. The summed E-state index contributed by atoms with van der Waals surface area (Å²) in [6.45, 7) is 8.18. The number of aromatic nitrogens is 2. The molecule has 0 spiro atoms. The largest absolute Gasteiger partial charge is 0.382 e. The van der Waals surface area contributed by atoms with Crippen LogP contribution in [-0.2, 0) is 32.6 Å². The number of rotatable bonds is 15. The summed E-state index contributed by atoms with van der Waals surface area (Å²) in [5, 5.41) is 1.41. The van der Waals surface area contributed by atoms with E-state index in [9.17, 15) is 13.2 Å². The van der Waals surface area contributed by atoms with Crippen LogP contribution in [0.4, 0.5) is 0 Å². The van der Waals surface area contributed by atoms with E-state index >= 15 is 0 Å². The number of benzene rings is 2. The van der Waals surface area contributed by atoms with Gasteiger partial charge in [0, 0.05) is 61.3 Å². The fourth-order valence-corrected chi connectivity index (χ4v) is 6.68. The fourth-order valence-electron chi connectivity index (χ4n) is 4.89. The van der Waals surface area contributed by atoms with Gasteiger partial charge < -0.3 is 14.2 Å². The lowest BCUT2D eigenvalue weighted by atomic mass is 10.2. The van der Waals surface area contributed by atoms with Crippen molar-refractivity contribution in [1.29, 1.82) is 0 Å². The average Bonchev–Trinajstić information content (AvgIpc) is 3.41. The molecule has 224 valence electrons. The van der Waals surface area contributed by atoms with Crippen molar-refractivity contribution >= 4 is 38.4 Å². The van der Waals surface area contributed by atoms with Crippen LogP contribution in [0.5, 0.6) is 0 Å². The van der Waals surface area contributed by atoms with Crippen LogP contribution in [0.2, 0.25) is 5.02 Å². The molecule has 0 aliphatic rings. The molecule has 0 atom stereocenters. The highest BCUT2D eigenvalue weighted by atomic mass is 35.5. The topological polar surface area (TPSA) is 84.7 Å². The van der Waals surface area contributed by atoms with E-state index in [-0.39, 0.29) is 29.8 Å². The van der Waals surface area contributed by atoms with Crippen LogP contribution in [0.25, 0.3) is 10.9 Å². The smallest absolute Gasteiger partial charge is 0.245 e. The molecule has 0 radical (unpaired) electrons. The minimum atomic E-state index is -4.04. The Kier molecular flexibility index (Phi) is 11.2. The minimum Gasteiger partial charge on any atom is -0.382 e. The minimum absolute atomic E-state index is 0.0915. The summed E-state index contributed by atoms with van der Waals surface area (Å²) >= 11 is 6.41. The molecule has 0 fully saturated rings. The standard InChI is InChI=1S/C32H39ClN4O4S/c1-4-41-20-10-19-37(42(39,40)30-16-7-12-26-13-8-17-34-32(26)30)24-31(38)36(21-25(2)3)23-28-14-9-18-35(28)22-27-11-5-6-15-29(27)33/h5-9,11-18,25H,4,10,19-24H2,1-3H3. The number of amides is 1. The van der Waals surface area contributed by atoms with Gasteiger partial charge in [0.1, 0.15) is 4.90 Å². The lowest BCUT2D eigenvalue weighted by Crippen LogP contribution is -2.44. The number of halogens is 1. The van der Waals surface area contributed by atoms with Crippen LogP contribution < -0.4 is 0 Å². The number of para-hydroxylation sites is 1. The van der Waals surface area contributed by atoms with Gasteiger partial charge in [-0.05, 0) is 55.2 Å². The van der Waals surface area contributed by atoms with Gasteiger partial charge in [-0.2, -0.15) is 4.31 Å². The van der Waals surface area contributed by atoms with Crippen molar-refractivity contribution in [3.05, 3.63) is 95.4 Å². The van der Waals surface area contributed by atoms with Crippen LogP contribution in [0.1, 0.15) is 38.4 Å². The number of hydrogen-bond acceptors (Lipinski definition) is 5. The predicted octanol–water partition coefficient (Wildman–Crippen LogP) is 5.84. The first-order chi connectivity index (χ1) is 20.2. The number of carbonyl (C=O) groups is 1. The Bertz CT molecular complexity index is 1580. The van der Waals surface area contributed by atoms with Crippen molar-refractivity contribution in [2.45, 2.75) is 45.2 Å². The molecule has 4 aromatic rings. The molecule has 0 unspecified atom stereocenters. The normalized spacial score (nSPS) is 12.0. The van der Waals surface area contributed by atoms with E-state index in [4.69, 9.17) is 16.3 Å². The molecule has 0 saturated carbocycles. The molecule has 8 nitrogen and oxygen atoms in total. The molecular formula is C32H39ClN4O4S. The summed E-state index contributed by atoms with van der Waals surface area (Å²) in [7, 11) is -4.04. The Morgan fingerprint density at radius 2 is 1.83 bits per heavy atom. The Morgan fingerprint density at radius 3 is 2.60 bits per heavy atom. The first-order valence-corrected chi connectivity index (χ1v) is 16.1. The molecule has 2 aromatic heterocycles. The number of hydrogen-bond donors (Lipinski definition) is 0. The van der Waals surface area contributed by atoms with E-state index in [2.05, 4.69) is 9.55 Å². The molecule has 10 heteroatoms. The van der Waals surface area contributed by atoms with E-state index in [0.29, 0.717) is 49.8 Å². The second kappa shape index (κ2) is 14.8. The van der Waals surface area contributed by atoms with E-state index in [1.807, 2.05) is 75.5 Å². The van der Waals surface area contributed by atoms with Crippen LogP contribution in [0.15, 0.2) is 84.0 Å². The van der Waals surface area contributed by atoms with Gasteiger partial charge in [-0.3, -0.25) is 9.78 Å². The van der Waals surface area contributed by atoms with Crippen LogP contribution in [0.3, 0.4) is 0 Å². The molecule has 0 aliphatic heterocycles. The van der Waals surface area contributed by atoms with Gasteiger partial charge >= 0.3 is 0 Å². The zero-order valence-corrected chi connectivity index (χ0v) is 26.0. The zero-order valence-electron chi connectivity index (χ0n) is 24.4. The van der Waals surface area contributed by atoms with E-state index in [1.165, 1.54) is 4.31 Å². The highest BCUT2D eigenvalue weighted by Crippen LogP contribution is 2.25. The van der Waals surface area contributed by atoms with Gasteiger partial charge in [-0.15, -0.1) is 0 Å². The molecule has 4 rings (SSSR count). The first-order valence-electron chi connectivity index (χ1n) is 14.3. The fraction of sp³-hybridized carbons (Fsp3) is 0.375. The van der Waals surface area contributed by atoms with Crippen molar-refractivity contribution in [2.24, 2.45) is 5.92 Å². The lowest BCUT2D eigenvalue weighted by Gasteiger charge is -2.29. The van der Waals surface area contributed by atoms with Gasteiger partial charge in [0.25, 0.3) is 0 Å². The van der Waals surface area contributed by atoms with Crippen molar-refractivity contribution in [1.82, 2.24) is 18.8 Å². The Labute approximate surface area is 253 Å². The number of carbonyl (C=O) groups excluding carboxylic acids is 1. The summed E-state index contributed by atoms with van der Waals surface area (Å²) in [6, 6.07) is 20.3. The third kappa shape index (κ3) is 7.98. The molecule has 0 bridgehead atoms. The number of fused-ring (bicyclic) bond motifs is 1. The summed E-state index contributed by atoms with van der Waals surface area (Å²) in [5.41, 5.74) is 2.31. The van der Waals surface area contributed by atoms with Gasteiger partial charge in [-0.25, -0.2) is 8.42 Å². The van der Waals surface area contributed by atoms with Gasteiger partial charge in [-0.1, -0.05) is 61.8 Å². The van der Waals surface area contributed by atoms with Crippen LogP contribution in [0, 0.1) is 5.92 Å². The summed E-state index contributed by atoms with van der Waals surface area (Å²) in [4.78, 5) is 20.1. The van der Waals surface area contributed by atoms with Crippen LogP contribution >= 0.6 is 11.6 Å². The maximum absolute atomic E-state index is 14.1. The first kappa shape index (κ1) is 31.7. The van der Waals surface area contributed by atoms with E-state index in [0.717, 1.165) is 16.6 Å². The third-order valence-corrected chi connectivity index (χ3v) is 9.18. The molecule has 0 N–H and O–H groups in total. The molecule has 2 aromatic carbocycles. The number of pyridine rings is 1. The number of ether oxygens (including phenoxy) is 1. The monoisotopic (exact) mass is 610 g/mol. The van der Waals surface area contributed by atoms with Gasteiger partial charge in [0.2, 0.25) is 15.9 Å². The van der Waals surface area contributed by atoms with E-state index in [1.54, 1.807) is 29.3 Å². The molecule has 2 heterocycles. The summed E-state index contributed by atoms with van der Waals surface area (Å²) in [6.07, 6.45) is 4.01. The summed E-state index contributed by atoms with van der Waals surface area (Å²) in [5.74, 6) is -0.0754. The second-order valence-corrected chi connectivity index (χ2v) is 12.9. The lowest BCUT2D eigenvalue weighted by molar-refractivity contribution is -0.132. The molecule has 0 aliphatic carbocycles. The molecule has 42 heavy (non-hydrogen) atoms. The second-order valence-electron chi connectivity index (χ2n) is 10.6. The van der Waals surface area contributed by atoms with Crippen molar-refractivity contribution in [2.75, 3.05) is 32.8 Å². The summed E-state index contributed by atoms with van der Waals surface area (Å²) < 4.78 is 36.9. The average molecular weight is 611 g/mol. The maximum Gasteiger partial charge on any atom is 0.245 e. The molecule has 0 saturated heterocycles. The number of nitrogens with zero attached hydrogens (tertiary/aromatic N) is 4. The Balaban J connectivity index is 1.60. The van der Waals surface area contributed by atoms with Gasteiger partial charge in [0.05, 0.1) is 18.6 Å². The van der Waals surface area contributed by atoms with Crippen molar-refractivity contribution in [3.63, 3.8) is 0 Å². The Morgan fingerprint density at radius 1 is 1.05 bits per heavy atom. The number of sulfonamides is 1. The predicted molar refractivity (Wildman–Crippen MR) is 167 cm³/mol. The zero-order chi connectivity index (χ0) is 30.1. The quantitative estimate of drug-likeness (QED) is 0.158. The SMILES string of the molecule is CCOCCCN(CC(=O)N(Cc1cccn1Cc1ccccc1Cl)CC(C)C)S(=O)(=O)c1cccc2cccnc12.